The van der Waals surface area contributed by atoms with Gasteiger partial charge in [0.25, 0.3) is 0 Å². The highest BCUT2D eigenvalue weighted by atomic mass is 16.5. The van der Waals surface area contributed by atoms with Gasteiger partial charge in [0, 0.05) is 18.7 Å². The van der Waals surface area contributed by atoms with Crippen molar-refractivity contribution in [3.05, 3.63) is 29.3 Å². The summed E-state index contributed by atoms with van der Waals surface area (Å²) in [6, 6.07) is 7.20. The number of aliphatic hydroxyl groups is 1. The molecule has 1 aliphatic rings. The van der Waals surface area contributed by atoms with Gasteiger partial charge in [-0.15, -0.1) is 0 Å². The Bertz CT molecular complexity index is 406. The van der Waals surface area contributed by atoms with E-state index in [4.69, 9.17) is 9.84 Å². The summed E-state index contributed by atoms with van der Waals surface area (Å²) in [6.45, 7) is 2.42. The number of hydrogen-bond donors (Lipinski definition) is 2. The minimum Gasteiger partial charge on any atom is -0.497 e. The third-order valence-corrected chi connectivity index (χ3v) is 4.07. The topological polar surface area (TPSA) is 41.5 Å². The van der Waals surface area contributed by atoms with Gasteiger partial charge in [-0.25, -0.2) is 0 Å². The Morgan fingerprint density at radius 3 is 3.00 bits per heavy atom. The number of ether oxygens (including phenoxy) is 1. The second kappa shape index (κ2) is 6.92. The number of methoxy groups -OCH3 is 1. The van der Waals surface area contributed by atoms with Crippen LogP contribution in [0, 0.1) is 0 Å². The van der Waals surface area contributed by atoms with Crippen LogP contribution in [0.3, 0.4) is 0 Å². The summed E-state index contributed by atoms with van der Waals surface area (Å²) in [6.07, 6.45) is 5.44. The summed E-state index contributed by atoms with van der Waals surface area (Å²) < 4.78 is 5.34. The van der Waals surface area contributed by atoms with Crippen molar-refractivity contribution in [1.29, 1.82) is 0 Å². The number of aryl methyl sites for hydroxylation is 1. The first-order valence-corrected chi connectivity index (χ1v) is 7.32. The standard InChI is InChI=1S/C16H25NO2/c1-3-13(9-10-18)17-16-6-4-5-12-7-8-14(19-2)11-15(12)16/h7-8,11,13,16-18H,3-6,9-10H2,1-2H3. The van der Waals surface area contributed by atoms with E-state index in [1.807, 2.05) is 6.07 Å². The first kappa shape index (κ1) is 14.4. The average Bonchev–Trinajstić information content (AvgIpc) is 2.46. The van der Waals surface area contributed by atoms with Crippen LogP contribution in [0.2, 0.25) is 0 Å². The van der Waals surface area contributed by atoms with E-state index in [0.717, 1.165) is 25.0 Å². The average molecular weight is 263 g/mol. The minimum atomic E-state index is 0.253. The summed E-state index contributed by atoms with van der Waals surface area (Å²) in [5, 5.41) is 12.8. The molecule has 3 heteroatoms. The first-order chi connectivity index (χ1) is 9.28. The van der Waals surface area contributed by atoms with Gasteiger partial charge in [-0.3, -0.25) is 0 Å². The molecule has 0 fully saturated rings. The monoisotopic (exact) mass is 263 g/mol. The lowest BCUT2D eigenvalue weighted by atomic mass is 9.87. The molecule has 0 aromatic heterocycles. The Balaban J connectivity index is 2.15. The SMILES string of the molecule is CCC(CCO)NC1CCCc2ccc(OC)cc21. The van der Waals surface area contributed by atoms with Crippen molar-refractivity contribution in [2.24, 2.45) is 0 Å². The summed E-state index contributed by atoms with van der Waals surface area (Å²) >= 11 is 0. The number of nitrogens with one attached hydrogen (secondary N) is 1. The molecule has 0 heterocycles. The highest BCUT2D eigenvalue weighted by Crippen LogP contribution is 2.33. The quantitative estimate of drug-likeness (QED) is 0.829. The number of benzene rings is 1. The summed E-state index contributed by atoms with van der Waals surface area (Å²) in [5.41, 5.74) is 2.81. The van der Waals surface area contributed by atoms with Crippen molar-refractivity contribution < 1.29 is 9.84 Å². The number of aliphatic hydroxyl groups excluding tert-OH is 1. The van der Waals surface area contributed by atoms with Gasteiger partial charge >= 0.3 is 0 Å². The number of rotatable bonds is 6. The molecule has 1 aromatic carbocycles. The first-order valence-electron chi connectivity index (χ1n) is 7.32. The molecule has 2 atom stereocenters. The molecule has 3 nitrogen and oxygen atoms in total. The molecule has 2 rings (SSSR count). The fourth-order valence-electron chi connectivity index (χ4n) is 2.92. The lowest BCUT2D eigenvalue weighted by Gasteiger charge is -2.30. The highest BCUT2D eigenvalue weighted by Gasteiger charge is 2.22. The van der Waals surface area contributed by atoms with E-state index in [1.165, 1.54) is 24.0 Å². The van der Waals surface area contributed by atoms with Crippen LogP contribution in [0.15, 0.2) is 18.2 Å². The van der Waals surface area contributed by atoms with Crippen molar-refractivity contribution in [3.63, 3.8) is 0 Å². The van der Waals surface area contributed by atoms with Gasteiger partial charge in [-0.2, -0.15) is 0 Å². The van der Waals surface area contributed by atoms with Crippen molar-refractivity contribution in [2.75, 3.05) is 13.7 Å². The zero-order chi connectivity index (χ0) is 13.7. The largest absolute Gasteiger partial charge is 0.497 e. The van der Waals surface area contributed by atoms with Crippen LogP contribution < -0.4 is 10.1 Å². The molecule has 0 radical (unpaired) electrons. The molecule has 0 bridgehead atoms. The molecular weight excluding hydrogens is 238 g/mol. The Morgan fingerprint density at radius 2 is 2.32 bits per heavy atom. The van der Waals surface area contributed by atoms with Crippen LogP contribution in [0.4, 0.5) is 0 Å². The Hall–Kier alpha value is -1.06. The maximum Gasteiger partial charge on any atom is 0.119 e. The van der Waals surface area contributed by atoms with Gasteiger partial charge in [0.1, 0.15) is 5.75 Å². The zero-order valence-electron chi connectivity index (χ0n) is 12.0. The third kappa shape index (κ3) is 3.48. The van der Waals surface area contributed by atoms with Gasteiger partial charge in [-0.05, 0) is 55.4 Å². The maximum atomic E-state index is 9.11. The fourth-order valence-corrected chi connectivity index (χ4v) is 2.92. The van der Waals surface area contributed by atoms with Crippen molar-refractivity contribution in [3.8, 4) is 5.75 Å². The van der Waals surface area contributed by atoms with Crippen molar-refractivity contribution in [1.82, 2.24) is 5.32 Å². The lowest BCUT2D eigenvalue weighted by Crippen LogP contribution is -2.35. The highest BCUT2D eigenvalue weighted by molar-refractivity contribution is 5.39. The van der Waals surface area contributed by atoms with E-state index in [2.05, 4.69) is 24.4 Å². The lowest BCUT2D eigenvalue weighted by molar-refractivity contribution is 0.251. The van der Waals surface area contributed by atoms with Gasteiger partial charge in [-0.1, -0.05) is 13.0 Å². The zero-order valence-corrected chi connectivity index (χ0v) is 12.0. The van der Waals surface area contributed by atoms with Crippen LogP contribution in [0.25, 0.3) is 0 Å². The molecule has 0 aliphatic heterocycles. The molecule has 19 heavy (non-hydrogen) atoms. The van der Waals surface area contributed by atoms with Crippen molar-refractivity contribution >= 4 is 0 Å². The van der Waals surface area contributed by atoms with E-state index in [0.29, 0.717) is 12.1 Å². The molecule has 1 aliphatic carbocycles. The minimum absolute atomic E-state index is 0.253. The molecule has 106 valence electrons. The Kier molecular flexibility index (Phi) is 5.23. The van der Waals surface area contributed by atoms with E-state index < -0.39 is 0 Å². The molecule has 0 amide bonds. The van der Waals surface area contributed by atoms with Gasteiger partial charge in [0.05, 0.1) is 7.11 Å². The van der Waals surface area contributed by atoms with Gasteiger partial charge in [0.2, 0.25) is 0 Å². The van der Waals surface area contributed by atoms with Crippen LogP contribution >= 0.6 is 0 Å². The second-order valence-electron chi connectivity index (χ2n) is 5.29. The van der Waals surface area contributed by atoms with Crippen LogP contribution in [-0.2, 0) is 6.42 Å². The van der Waals surface area contributed by atoms with Crippen LogP contribution in [0.5, 0.6) is 5.75 Å². The van der Waals surface area contributed by atoms with E-state index in [-0.39, 0.29) is 6.61 Å². The molecule has 0 saturated carbocycles. The molecule has 2 unspecified atom stereocenters. The predicted octanol–water partition coefficient (Wildman–Crippen LogP) is 2.82. The summed E-state index contributed by atoms with van der Waals surface area (Å²) in [4.78, 5) is 0. The Labute approximate surface area is 116 Å². The smallest absolute Gasteiger partial charge is 0.119 e. The van der Waals surface area contributed by atoms with Crippen LogP contribution in [-0.4, -0.2) is 24.9 Å². The summed E-state index contributed by atoms with van der Waals surface area (Å²) in [5.74, 6) is 0.933. The molecule has 0 saturated heterocycles. The van der Waals surface area contributed by atoms with E-state index in [9.17, 15) is 0 Å². The van der Waals surface area contributed by atoms with Gasteiger partial charge < -0.3 is 15.2 Å². The van der Waals surface area contributed by atoms with Gasteiger partial charge in [0.15, 0.2) is 0 Å². The fraction of sp³-hybridized carbons (Fsp3) is 0.625. The molecule has 0 spiro atoms. The van der Waals surface area contributed by atoms with Crippen LogP contribution in [0.1, 0.15) is 49.8 Å². The maximum absolute atomic E-state index is 9.11. The number of hydrogen-bond acceptors (Lipinski definition) is 3. The number of fused-ring (bicyclic) bond motifs is 1. The molecular formula is C16H25NO2. The summed E-state index contributed by atoms with van der Waals surface area (Å²) in [7, 11) is 1.72. The van der Waals surface area contributed by atoms with E-state index >= 15 is 0 Å². The van der Waals surface area contributed by atoms with Crippen molar-refractivity contribution in [2.45, 2.75) is 51.1 Å². The molecule has 1 aromatic rings. The molecule has 2 N–H and O–H groups in total. The van der Waals surface area contributed by atoms with E-state index in [1.54, 1.807) is 7.11 Å². The predicted molar refractivity (Wildman–Crippen MR) is 77.6 cm³/mol. The second-order valence-corrected chi connectivity index (χ2v) is 5.29. The normalized spacial score (nSPS) is 19.8. The third-order valence-electron chi connectivity index (χ3n) is 4.07. The Morgan fingerprint density at radius 1 is 1.47 bits per heavy atom.